The molecular weight excluding hydrogens is 302 g/mol. The van der Waals surface area contributed by atoms with Gasteiger partial charge in [0.2, 0.25) is 0 Å². The molecule has 0 bridgehead atoms. The number of anilines is 2. The summed E-state index contributed by atoms with van der Waals surface area (Å²) in [5, 5.41) is 11.8. The summed E-state index contributed by atoms with van der Waals surface area (Å²) in [7, 11) is 0. The Bertz CT molecular complexity index is 715. The fourth-order valence-electron chi connectivity index (χ4n) is 2.36. The van der Waals surface area contributed by atoms with Crippen molar-refractivity contribution < 1.29 is 4.79 Å². The standard InChI is InChI=1S/C18H21N5O/c1-3-9-23(10-4-2)17-13-20-16(12-21-17)18(24)22-15-8-6-5-7-14(15)11-19/h5-8,12-13H,3-4,9-10H2,1-2H3,(H,22,24). The van der Waals surface area contributed by atoms with Gasteiger partial charge in [-0.1, -0.05) is 26.0 Å². The largest absolute Gasteiger partial charge is 0.355 e. The van der Waals surface area contributed by atoms with E-state index in [4.69, 9.17) is 5.26 Å². The summed E-state index contributed by atoms with van der Waals surface area (Å²) in [6.45, 7) is 6.04. The lowest BCUT2D eigenvalue weighted by atomic mass is 10.2. The van der Waals surface area contributed by atoms with Crippen LogP contribution in [-0.2, 0) is 0 Å². The summed E-state index contributed by atoms with van der Waals surface area (Å²) in [5.74, 6) is 0.391. The van der Waals surface area contributed by atoms with E-state index in [1.165, 1.54) is 6.20 Å². The smallest absolute Gasteiger partial charge is 0.275 e. The number of para-hydroxylation sites is 1. The van der Waals surface area contributed by atoms with Crippen LogP contribution in [0.2, 0.25) is 0 Å². The number of nitrogens with one attached hydrogen (secondary N) is 1. The maximum absolute atomic E-state index is 12.3. The van der Waals surface area contributed by atoms with Crippen LogP contribution in [0.15, 0.2) is 36.7 Å². The monoisotopic (exact) mass is 323 g/mol. The molecule has 0 radical (unpaired) electrons. The van der Waals surface area contributed by atoms with Gasteiger partial charge < -0.3 is 10.2 Å². The first kappa shape index (κ1) is 17.4. The van der Waals surface area contributed by atoms with Gasteiger partial charge in [-0.05, 0) is 25.0 Å². The van der Waals surface area contributed by atoms with Gasteiger partial charge in [0, 0.05) is 13.1 Å². The van der Waals surface area contributed by atoms with E-state index in [1.54, 1.807) is 30.5 Å². The third-order valence-corrected chi connectivity index (χ3v) is 3.48. The van der Waals surface area contributed by atoms with Gasteiger partial charge >= 0.3 is 0 Å². The van der Waals surface area contributed by atoms with Gasteiger partial charge in [0.05, 0.1) is 23.6 Å². The van der Waals surface area contributed by atoms with Crippen molar-refractivity contribution in [3.8, 4) is 6.07 Å². The highest BCUT2D eigenvalue weighted by molar-refractivity contribution is 6.03. The van der Waals surface area contributed by atoms with Crippen molar-refractivity contribution in [2.45, 2.75) is 26.7 Å². The molecule has 1 amide bonds. The molecular formula is C18H21N5O. The number of nitrogens with zero attached hydrogens (tertiary/aromatic N) is 4. The quantitative estimate of drug-likeness (QED) is 0.846. The Labute approximate surface area is 142 Å². The van der Waals surface area contributed by atoms with Gasteiger partial charge in [-0.3, -0.25) is 4.79 Å². The molecule has 1 N–H and O–H groups in total. The lowest BCUT2D eigenvalue weighted by Gasteiger charge is -2.22. The molecule has 0 fully saturated rings. The van der Waals surface area contributed by atoms with Crippen LogP contribution >= 0.6 is 0 Å². The van der Waals surface area contributed by atoms with Crippen molar-refractivity contribution >= 4 is 17.4 Å². The minimum absolute atomic E-state index is 0.222. The number of benzene rings is 1. The Morgan fingerprint density at radius 2 is 1.88 bits per heavy atom. The van der Waals surface area contributed by atoms with Crippen LogP contribution in [0.1, 0.15) is 42.7 Å². The summed E-state index contributed by atoms with van der Waals surface area (Å²) >= 11 is 0. The van der Waals surface area contributed by atoms with Crippen molar-refractivity contribution in [2.75, 3.05) is 23.3 Å². The molecule has 124 valence electrons. The number of hydrogen-bond acceptors (Lipinski definition) is 5. The summed E-state index contributed by atoms with van der Waals surface area (Å²) in [6, 6.07) is 8.89. The number of aromatic nitrogens is 2. The van der Waals surface area contributed by atoms with E-state index in [1.807, 2.05) is 6.07 Å². The van der Waals surface area contributed by atoms with E-state index in [9.17, 15) is 4.79 Å². The lowest BCUT2D eigenvalue weighted by molar-refractivity contribution is 0.102. The maximum atomic E-state index is 12.3. The van der Waals surface area contributed by atoms with E-state index in [0.717, 1.165) is 31.7 Å². The van der Waals surface area contributed by atoms with E-state index >= 15 is 0 Å². The molecule has 0 atom stereocenters. The zero-order valence-corrected chi connectivity index (χ0v) is 14.0. The molecule has 1 aromatic carbocycles. The predicted molar refractivity (Wildman–Crippen MR) is 93.9 cm³/mol. The summed E-state index contributed by atoms with van der Waals surface area (Å²) in [5.41, 5.74) is 1.10. The highest BCUT2D eigenvalue weighted by atomic mass is 16.1. The molecule has 6 nitrogen and oxygen atoms in total. The number of carbonyl (C=O) groups excluding carboxylic acids is 1. The van der Waals surface area contributed by atoms with Gasteiger partial charge in [0.15, 0.2) is 0 Å². The average Bonchev–Trinajstić information content (AvgIpc) is 2.62. The Morgan fingerprint density at radius 3 is 2.46 bits per heavy atom. The van der Waals surface area contributed by atoms with Gasteiger partial charge in [0.1, 0.15) is 17.6 Å². The minimum atomic E-state index is -0.380. The third kappa shape index (κ3) is 4.29. The van der Waals surface area contributed by atoms with Gasteiger partial charge in [0.25, 0.3) is 5.91 Å². The second-order valence-electron chi connectivity index (χ2n) is 5.36. The first-order chi connectivity index (χ1) is 11.7. The molecule has 6 heteroatoms. The van der Waals surface area contributed by atoms with Crippen molar-refractivity contribution in [1.82, 2.24) is 9.97 Å². The lowest BCUT2D eigenvalue weighted by Crippen LogP contribution is -2.26. The maximum Gasteiger partial charge on any atom is 0.275 e. The number of carbonyl (C=O) groups is 1. The normalized spacial score (nSPS) is 10.0. The van der Waals surface area contributed by atoms with Crippen LogP contribution in [-0.4, -0.2) is 29.0 Å². The zero-order valence-electron chi connectivity index (χ0n) is 14.0. The fourth-order valence-corrected chi connectivity index (χ4v) is 2.36. The number of hydrogen-bond donors (Lipinski definition) is 1. The molecule has 0 unspecified atom stereocenters. The number of rotatable bonds is 7. The molecule has 0 aliphatic carbocycles. The molecule has 1 heterocycles. The molecule has 2 rings (SSSR count). The van der Waals surface area contributed by atoms with Crippen LogP contribution in [0, 0.1) is 11.3 Å². The second-order valence-corrected chi connectivity index (χ2v) is 5.36. The SMILES string of the molecule is CCCN(CCC)c1cnc(C(=O)Nc2ccccc2C#N)cn1. The fraction of sp³-hybridized carbons (Fsp3) is 0.333. The van der Waals surface area contributed by atoms with Crippen LogP contribution < -0.4 is 10.2 Å². The number of nitriles is 1. The Morgan fingerprint density at radius 1 is 1.17 bits per heavy atom. The molecule has 0 saturated carbocycles. The highest BCUT2D eigenvalue weighted by Crippen LogP contribution is 2.15. The Hall–Kier alpha value is -2.94. The summed E-state index contributed by atoms with van der Waals surface area (Å²) in [6.07, 6.45) is 5.14. The van der Waals surface area contributed by atoms with Crippen molar-refractivity contribution in [3.05, 3.63) is 47.9 Å². The molecule has 0 aliphatic heterocycles. The molecule has 1 aromatic heterocycles. The van der Waals surface area contributed by atoms with Crippen molar-refractivity contribution in [1.29, 1.82) is 5.26 Å². The second kappa shape index (κ2) is 8.63. The van der Waals surface area contributed by atoms with E-state index in [0.29, 0.717) is 11.3 Å². The van der Waals surface area contributed by atoms with Crippen LogP contribution in [0.3, 0.4) is 0 Å². The molecule has 24 heavy (non-hydrogen) atoms. The molecule has 0 aliphatic rings. The zero-order chi connectivity index (χ0) is 17.4. The Kier molecular flexibility index (Phi) is 6.26. The summed E-state index contributed by atoms with van der Waals surface area (Å²) < 4.78 is 0. The number of amides is 1. The van der Waals surface area contributed by atoms with Crippen molar-refractivity contribution in [2.24, 2.45) is 0 Å². The molecule has 0 spiro atoms. The highest BCUT2D eigenvalue weighted by Gasteiger charge is 2.12. The van der Waals surface area contributed by atoms with E-state index < -0.39 is 0 Å². The molecule has 2 aromatic rings. The van der Waals surface area contributed by atoms with Crippen LogP contribution in [0.25, 0.3) is 0 Å². The van der Waals surface area contributed by atoms with Gasteiger partial charge in [-0.2, -0.15) is 5.26 Å². The van der Waals surface area contributed by atoms with Gasteiger partial charge in [-0.25, -0.2) is 9.97 Å². The first-order valence-electron chi connectivity index (χ1n) is 8.07. The van der Waals surface area contributed by atoms with Crippen LogP contribution in [0.5, 0.6) is 0 Å². The van der Waals surface area contributed by atoms with E-state index in [-0.39, 0.29) is 11.6 Å². The van der Waals surface area contributed by atoms with E-state index in [2.05, 4.69) is 34.0 Å². The van der Waals surface area contributed by atoms with Crippen molar-refractivity contribution in [3.63, 3.8) is 0 Å². The first-order valence-corrected chi connectivity index (χ1v) is 8.07. The topological polar surface area (TPSA) is 81.9 Å². The van der Waals surface area contributed by atoms with Crippen LogP contribution in [0.4, 0.5) is 11.5 Å². The predicted octanol–water partition coefficient (Wildman–Crippen LogP) is 3.23. The average molecular weight is 323 g/mol. The molecule has 0 saturated heterocycles. The summed E-state index contributed by atoms with van der Waals surface area (Å²) in [4.78, 5) is 23.0. The third-order valence-electron chi connectivity index (χ3n) is 3.48. The van der Waals surface area contributed by atoms with Gasteiger partial charge in [-0.15, -0.1) is 0 Å². The Balaban J connectivity index is 2.12. The minimum Gasteiger partial charge on any atom is -0.355 e.